The van der Waals surface area contributed by atoms with Gasteiger partial charge in [0.05, 0.1) is 18.3 Å². The molecule has 0 aromatic carbocycles. The van der Waals surface area contributed by atoms with Gasteiger partial charge in [-0.15, -0.1) is 0 Å². The maximum atomic E-state index is 9.63. The van der Waals surface area contributed by atoms with Gasteiger partial charge in [-0.2, -0.15) is 0 Å². The molecule has 2 rings (SSSR count). The molecule has 2 aliphatic heterocycles. The van der Waals surface area contributed by atoms with Crippen molar-refractivity contribution in [1.29, 1.82) is 0 Å². The second-order valence-corrected chi connectivity index (χ2v) is 6.78. The average molecular weight is 284 g/mol. The van der Waals surface area contributed by atoms with E-state index < -0.39 is 0 Å². The predicted octanol–water partition coefficient (Wildman–Crippen LogP) is 1.72. The summed E-state index contributed by atoms with van der Waals surface area (Å²) in [5.41, 5.74) is 0. The molecule has 0 saturated carbocycles. The molecule has 4 nitrogen and oxygen atoms in total. The Morgan fingerprint density at radius 3 is 2.40 bits per heavy atom. The number of aliphatic hydroxyl groups is 1. The van der Waals surface area contributed by atoms with Gasteiger partial charge in [-0.05, 0) is 40.0 Å². The number of piperazine rings is 1. The van der Waals surface area contributed by atoms with Crippen LogP contribution < -0.4 is 0 Å². The summed E-state index contributed by atoms with van der Waals surface area (Å²) >= 11 is 0. The van der Waals surface area contributed by atoms with Crippen LogP contribution in [0.1, 0.15) is 47.0 Å². The summed E-state index contributed by atoms with van der Waals surface area (Å²) in [5.74, 6) is 0. The SMILES string of the molecule is CC[C@@H]1CN(C2C[C@H](C)O[C@@H](C)C2)CCN1C[C@@H](C)O. The summed E-state index contributed by atoms with van der Waals surface area (Å²) in [5, 5.41) is 9.63. The molecule has 2 aliphatic rings. The molecule has 0 radical (unpaired) electrons. The van der Waals surface area contributed by atoms with Crippen LogP contribution >= 0.6 is 0 Å². The minimum atomic E-state index is -0.223. The fraction of sp³-hybridized carbons (Fsp3) is 1.00. The second-order valence-electron chi connectivity index (χ2n) is 6.78. The number of ether oxygens (including phenoxy) is 1. The predicted molar refractivity (Wildman–Crippen MR) is 81.9 cm³/mol. The standard InChI is InChI=1S/C16H32N2O2/c1-5-15-11-18(7-6-17(15)10-12(2)19)16-8-13(3)20-14(4)9-16/h12-16,19H,5-11H2,1-4H3/t12-,13+,14+,15-/m1/s1. The molecule has 1 N–H and O–H groups in total. The first-order chi connectivity index (χ1) is 9.49. The summed E-state index contributed by atoms with van der Waals surface area (Å²) in [7, 11) is 0. The van der Waals surface area contributed by atoms with Gasteiger partial charge in [-0.25, -0.2) is 0 Å². The zero-order valence-electron chi connectivity index (χ0n) is 13.6. The fourth-order valence-corrected chi connectivity index (χ4v) is 3.88. The van der Waals surface area contributed by atoms with Crippen LogP contribution in [-0.2, 0) is 4.74 Å². The molecule has 0 amide bonds. The van der Waals surface area contributed by atoms with Gasteiger partial charge < -0.3 is 9.84 Å². The molecule has 4 atom stereocenters. The average Bonchev–Trinajstić information content (AvgIpc) is 2.37. The molecule has 0 spiro atoms. The topological polar surface area (TPSA) is 35.9 Å². The van der Waals surface area contributed by atoms with E-state index in [1.54, 1.807) is 0 Å². The van der Waals surface area contributed by atoms with Crippen molar-refractivity contribution in [2.45, 2.75) is 77.4 Å². The van der Waals surface area contributed by atoms with Crippen molar-refractivity contribution in [3.8, 4) is 0 Å². The van der Waals surface area contributed by atoms with Crippen LogP contribution in [0.15, 0.2) is 0 Å². The monoisotopic (exact) mass is 284 g/mol. The minimum absolute atomic E-state index is 0.223. The van der Waals surface area contributed by atoms with Gasteiger partial charge in [0.25, 0.3) is 0 Å². The Hall–Kier alpha value is -0.160. The Morgan fingerprint density at radius 1 is 1.20 bits per heavy atom. The molecule has 20 heavy (non-hydrogen) atoms. The largest absolute Gasteiger partial charge is 0.392 e. The quantitative estimate of drug-likeness (QED) is 0.853. The van der Waals surface area contributed by atoms with E-state index in [2.05, 4.69) is 30.6 Å². The zero-order chi connectivity index (χ0) is 14.7. The van der Waals surface area contributed by atoms with Crippen molar-refractivity contribution in [2.75, 3.05) is 26.2 Å². The Morgan fingerprint density at radius 2 is 1.85 bits per heavy atom. The molecule has 118 valence electrons. The molecule has 0 aromatic heterocycles. The van der Waals surface area contributed by atoms with E-state index in [1.807, 2.05) is 6.92 Å². The van der Waals surface area contributed by atoms with E-state index in [1.165, 1.54) is 0 Å². The van der Waals surface area contributed by atoms with Crippen LogP contribution in [-0.4, -0.2) is 71.5 Å². The van der Waals surface area contributed by atoms with Gasteiger partial charge in [-0.3, -0.25) is 9.80 Å². The van der Waals surface area contributed by atoms with Crippen LogP contribution in [0.4, 0.5) is 0 Å². The second kappa shape index (κ2) is 7.21. The Kier molecular flexibility index (Phi) is 5.84. The van der Waals surface area contributed by atoms with Crippen LogP contribution in [0.3, 0.4) is 0 Å². The van der Waals surface area contributed by atoms with E-state index in [4.69, 9.17) is 4.74 Å². The summed E-state index contributed by atoms with van der Waals surface area (Å²) < 4.78 is 5.86. The molecule has 0 unspecified atom stereocenters. The lowest BCUT2D eigenvalue weighted by atomic mass is 9.96. The zero-order valence-corrected chi connectivity index (χ0v) is 13.6. The Balaban J connectivity index is 1.92. The summed E-state index contributed by atoms with van der Waals surface area (Å²) in [6.45, 7) is 12.7. The molecule has 0 aliphatic carbocycles. The molecule has 2 fully saturated rings. The fourth-order valence-electron chi connectivity index (χ4n) is 3.88. The number of aliphatic hydroxyl groups excluding tert-OH is 1. The maximum absolute atomic E-state index is 9.63. The number of hydrogen-bond donors (Lipinski definition) is 1. The highest BCUT2D eigenvalue weighted by Crippen LogP contribution is 2.26. The lowest BCUT2D eigenvalue weighted by Crippen LogP contribution is -2.58. The normalized spacial score (nSPS) is 38.9. The first-order valence-corrected chi connectivity index (χ1v) is 8.31. The smallest absolute Gasteiger partial charge is 0.0639 e. The number of β-amino-alcohol motifs (C(OH)–C–C–N with tert-alkyl or cyclic N) is 1. The number of hydrogen-bond acceptors (Lipinski definition) is 4. The van der Waals surface area contributed by atoms with Gasteiger partial charge in [-0.1, -0.05) is 6.92 Å². The van der Waals surface area contributed by atoms with Crippen molar-refractivity contribution < 1.29 is 9.84 Å². The van der Waals surface area contributed by atoms with E-state index in [-0.39, 0.29) is 6.10 Å². The van der Waals surface area contributed by atoms with Crippen LogP contribution in [0.5, 0.6) is 0 Å². The van der Waals surface area contributed by atoms with Crippen molar-refractivity contribution in [3.05, 3.63) is 0 Å². The summed E-state index contributed by atoms with van der Waals surface area (Å²) in [4.78, 5) is 5.13. The van der Waals surface area contributed by atoms with E-state index in [9.17, 15) is 5.11 Å². The third kappa shape index (κ3) is 4.17. The van der Waals surface area contributed by atoms with Crippen LogP contribution in [0.25, 0.3) is 0 Å². The maximum Gasteiger partial charge on any atom is 0.0639 e. The van der Waals surface area contributed by atoms with Crippen LogP contribution in [0, 0.1) is 0 Å². The summed E-state index contributed by atoms with van der Waals surface area (Å²) in [6.07, 6.45) is 4.05. The van der Waals surface area contributed by atoms with E-state index in [0.717, 1.165) is 45.4 Å². The molecular weight excluding hydrogens is 252 g/mol. The number of rotatable bonds is 4. The molecule has 2 heterocycles. The van der Waals surface area contributed by atoms with Gasteiger partial charge in [0.15, 0.2) is 0 Å². The third-order valence-corrected chi connectivity index (χ3v) is 4.80. The third-order valence-electron chi connectivity index (χ3n) is 4.80. The van der Waals surface area contributed by atoms with E-state index >= 15 is 0 Å². The minimum Gasteiger partial charge on any atom is -0.392 e. The highest BCUT2D eigenvalue weighted by atomic mass is 16.5. The van der Waals surface area contributed by atoms with Crippen molar-refractivity contribution in [1.82, 2.24) is 9.80 Å². The van der Waals surface area contributed by atoms with Gasteiger partial charge in [0.2, 0.25) is 0 Å². The van der Waals surface area contributed by atoms with E-state index in [0.29, 0.717) is 24.3 Å². The molecule has 4 heteroatoms. The van der Waals surface area contributed by atoms with Crippen LogP contribution in [0.2, 0.25) is 0 Å². The highest BCUT2D eigenvalue weighted by Gasteiger charge is 2.34. The van der Waals surface area contributed by atoms with Crippen molar-refractivity contribution in [2.24, 2.45) is 0 Å². The lowest BCUT2D eigenvalue weighted by molar-refractivity contribution is -0.0785. The molecular formula is C16H32N2O2. The number of nitrogens with zero attached hydrogens (tertiary/aromatic N) is 2. The van der Waals surface area contributed by atoms with Gasteiger partial charge in [0.1, 0.15) is 0 Å². The Bertz CT molecular complexity index is 288. The summed E-state index contributed by atoms with van der Waals surface area (Å²) in [6, 6.07) is 1.27. The van der Waals surface area contributed by atoms with Crippen molar-refractivity contribution >= 4 is 0 Å². The van der Waals surface area contributed by atoms with Crippen molar-refractivity contribution in [3.63, 3.8) is 0 Å². The first kappa shape index (κ1) is 16.2. The van der Waals surface area contributed by atoms with Gasteiger partial charge in [0, 0.05) is 38.3 Å². The Labute approximate surface area is 124 Å². The van der Waals surface area contributed by atoms with Gasteiger partial charge >= 0.3 is 0 Å². The lowest BCUT2D eigenvalue weighted by Gasteiger charge is -2.47. The molecule has 0 aromatic rings. The highest BCUT2D eigenvalue weighted by molar-refractivity contribution is 4.88. The molecule has 0 bridgehead atoms. The molecule has 2 saturated heterocycles. The first-order valence-electron chi connectivity index (χ1n) is 8.31.